The van der Waals surface area contributed by atoms with Crippen molar-refractivity contribution in [2.24, 2.45) is 0 Å². The maximum Gasteiger partial charge on any atom is 0.0377 e. The average Bonchev–Trinajstić information content (AvgIpc) is 2.68. The third kappa shape index (κ3) is 1.78. The number of hydrogen-bond donors (Lipinski definition) is 0. The van der Waals surface area contributed by atoms with Crippen molar-refractivity contribution in [3.8, 4) is 10.4 Å². The molecule has 0 bridgehead atoms. The highest BCUT2D eigenvalue weighted by Gasteiger charge is 2.03. The zero-order chi connectivity index (χ0) is 9.80. The number of hydrogen-bond acceptors (Lipinski definition) is 1. The molecule has 0 N–H and O–H groups in total. The van der Waals surface area contributed by atoms with Crippen LogP contribution in [0, 0.1) is 0 Å². The number of rotatable bonds is 3. The third-order valence-corrected chi connectivity index (χ3v) is 3.15. The summed E-state index contributed by atoms with van der Waals surface area (Å²) in [6.07, 6.45) is 2.90. The first kappa shape index (κ1) is 9.22. The first-order valence-corrected chi connectivity index (χ1v) is 5.52. The fraction of sp³-hybridized carbons (Fsp3) is 0.0769. The topological polar surface area (TPSA) is 0 Å². The molecule has 2 rings (SSSR count). The molecule has 0 spiro atoms. The summed E-state index contributed by atoms with van der Waals surface area (Å²) in [6, 6.07) is 12.7. The fourth-order valence-electron chi connectivity index (χ4n) is 1.49. The molecule has 1 aromatic carbocycles. The Kier molecular flexibility index (Phi) is 2.80. The molecule has 1 heterocycles. The van der Waals surface area contributed by atoms with Crippen LogP contribution in [0.5, 0.6) is 0 Å². The molecule has 2 aromatic rings. The second kappa shape index (κ2) is 4.25. The standard InChI is InChI=1S/C13H12S/c1-2-6-11-9-10-14-13(11)12-7-4-3-5-8-12/h2-5,7-10H,1,6H2. The van der Waals surface area contributed by atoms with E-state index >= 15 is 0 Å². The van der Waals surface area contributed by atoms with Crippen molar-refractivity contribution in [1.29, 1.82) is 0 Å². The van der Waals surface area contributed by atoms with E-state index in [0.717, 1.165) is 6.42 Å². The average molecular weight is 200 g/mol. The SMILES string of the molecule is C=CCc1ccsc1-c1ccccc1. The van der Waals surface area contributed by atoms with Crippen molar-refractivity contribution in [3.05, 3.63) is 60.0 Å². The summed E-state index contributed by atoms with van der Waals surface area (Å²) in [7, 11) is 0. The van der Waals surface area contributed by atoms with Gasteiger partial charge in [0.2, 0.25) is 0 Å². The molecule has 0 radical (unpaired) electrons. The van der Waals surface area contributed by atoms with Crippen molar-refractivity contribution in [2.75, 3.05) is 0 Å². The largest absolute Gasteiger partial charge is 0.144 e. The van der Waals surface area contributed by atoms with Gasteiger partial charge in [-0.2, -0.15) is 0 Å². The molecular formula is C13H12S. The van der Waals surface area contributed by atoms with Gasteiger partial charge in [-0.25, -0.2) is 0 Å². The maximum absolute atomic E-state index is 3.77. The molecule has 1 aromatic heterocycles. The molecule has 0 aliphatic carbocycles. The van der Waals surface area contributed by atoms with E-state index in [0.29, 0.717) is 0 Å². The quantitative estimate of drug-likeness (QED) is 0.653. The Bertz CT molecular complexity index is 412. The van der Waals surface area contributed by atoms with Crippen LogP contribution in [0.15, 0.2) is 54.4 Å². The van der Waals surface area contributed by atoms with E-state index in [4.69, 9.17) is 0 Å². The van der Waals surface area contributed by atoms with Gasteiger partial charge in [0.25, 0.3) is 0 Å². The van der Waals surface area contributed by atoms with Gasteiger partial charge in [0.05, 0.1) is 0 Å². The predicted molar refractivity (Wildman–Crippen MR) is 63.7 cm³/mol. The Morgan fingerprint density at radius 1 is 1.14 bits per heavy atom. The van der Waals surface area contributed by atoms with Crippen molar-refractivity contribution >= 4 is 11.3 Å². The zero-order valence-corrected chi connectivity index (χ0v) is 8.76. The van der Waals surface area contributed by atoms with Gasteiger partial charge in [-0.1, -0.05) is 36.4 Å². The zero-order valence-electron chi connectivity index (χ0n) is 7.94. The molecule has 0 fully saturated rings. The van der Waals surface area contributed by atoms with Crippen LogP contribution in [0.1, 0.15) is 5.56 Å². The molecular weight excluding hydrogens is 188 g/mol. The van der Waals surface area contributed by atoms with Crippen LogP contribution in [-0.2, 0) is 6.42 Å². The van der Waals surface area contributed by atoms with Gasteiger partial charge >= 0.3 is 0 Å². The molecule has 0 saturated heterocycles. The minimum atomic E-state index is 0.952. The van der Waals surface area contributed by atoms with E-state index in [-0.39, 0.29) is 0 Å². The lowest BCUT2D eigenvalue weighted by molar-refractivity contribution is 1.31. The third-order valence-electron chi connectivity index (χ3n) is 2.15. The highest BCUT2D eigenvalue weighted by atomic mass is 32.1. The van der Waals surface area contributed by atoms with E-state index in [1.165, 1.54) is 16.0 Å². The van der Waals surface area contributed by atoms with Crippen molar-refractivity contribution < 1.29 is 0 Å². The van der Waals surface area contributed by atoms with E-state index in [1.807, 2.05) is 12.1 Å². The van der Waals surface area contributed by atoms with Crippen molar-refractivity contribution in [3.63, 3.8) is 0 Å². The Morgan fingerprint density at radius 3 is 2.64 bits per heavy atom. The van der Waals surface area contributed by atoms with Crippen LogP contribution in [-0.4, -0.2) is 0 Å². The summed E-state index contributed by atoms with van der Waals surface area (Å²) < 4.78 is 0. The monoisotopic (exact) mass is 200 g/mol. The van der Waals surface area contributed by atoms with Crippen LogP contribution in [0.3, 0.4) is 0 Å². The van der Waals surface area contributed by atoms with Crippen molar-refractivity contribution in [1.82, 2.24) is 0 Å². The Balaban J connectivity index is 2.41. The number of allylic oxidation sites excluding steroid dienone is 1. The summed E-state index contributed by atoms with van der Waals surface area (Å²) in [5, 5.41) is 2.14. The lowest BCUT2D eigenvalue weighted by Crippen LogP contribution is -1.80. The van der Waals surface area contributed by atoms with E-state index in [9.17, 15) is 0 Å². The molecule has 0 saturated carbocycles. The van der Waals surface area contributed by atoms with Crippen LogP contribution >= 0.6 is 11.3 Å². The van der Waals surface area contributed by atoms with Gasteiger partial charge < -0.3 is 0 Å². The van der Waals surface area contributed by atoms with Crippen LogP contribution in [0.25, 0.3) is 10.4 Å². The van der Waals surface area contributed by atoms with E-state index in [1.54, 1.807) is 11.3 Å². The van der Waals surface area contributed by atoms with Gasteiger partial charge in [0, 0.05) is 4.88 Å². The normalized spacial score (nSPS) is 10.0. The summed E-state index contributed by atoms with van der Waals surface area (Å²) in [6.45, 7) is 3.77. The van der Waals surface area contributed by atoms with Gasteiger partial charge in [-0.05, 0) is 29.0 Å². The van der Waals surface area contributed by atoms with Gasteiger partial charge in [0.1, 0.15) is 0 Å². The van der Waals surface area contributed by atoms with E-state index < -0.39 is 0 Å². The molecule has 0 aliphatic rings. The van der Waals surface area contributed by atoms with Crippen molar-refractivity contribution in [2.45, 2.75) is 6.42 Å². The Hall–Kier alpha value is -1.34. The van der Waals surface area contributed by atoms with Gasteiger partial charge in [0.15, 0.2) is 0 Å². The second-order valence-electron chi connectivity index (χ2n) is 3.13. The summed E-state index contributed by atoms with van der Waals surface area (Å²) in [5.74, 6) is 0. The highest BCUT2D eigenvalue weighted by Crippen LogP contribution is 2.29. The highest BCUT2D eigenvalue weighted by molar-refractivity contribution is 7.13. The van der Waals surface area contributed by atoms with Crippen LogP contribution in [0.2, 0.25) is 0 Å². The Morgan fingerprint density at radius 2 is 1.93 bits per heavy atom. The lowest BCUT2D eigenvalue weighted by atomic mass is 10.1. The first-order chi connectivity index (χ1) is 6.92. The van der Waals surface area contributed by atoms with Crippen LogP contribution < -0.4 is 0 Å². The summed E-state index contributed by atoms with van der Waals surface area (Å²) in [4.78, 5) is 1.37. The van der Waals surface area contributed by atoms with Gasteiger partial charge in [-0.15, -0.1) is 17.9 Å². The summed E-state index contributed by atoms with van der Waals surface area (Å²) >= 11 is 1.79. The second-order valence-corrected chi connectivity index (χ2v) is 4.05. The lowest BCUT2D eigenvalue weighted by Gasteiger charge is -2.00. The minimum Gasteiger partial charge on any atom is -0.144 e. The van der Waals surface area contributed by atoms with Gasteiger partial charge in [-0.3, -0.25) is 0 Å². The molecule has 1 heteroatoms. The Labute approximate surface area is 88.5 Å². The first-order valence-electron chi connectivity index (χ1n) is 4.64. The molecule has 0 aliphatic heterocycles. The predicted octanol–water partition coefficient (Wildman–Crippen LogP) is 4.14. The van der Waals surface area contributed by atoms with E-state index in [2.05, 4.69) is 42.3 Å². The maximum atomic E-state index is 3.77. The molecule has 0 nitrogen and oxygen atoms in total. The molecule has 0 amide bonds. The summed E-state index contributed by atoms with van der Waals surface area (Å²) in [5.41, 5.74) is 2.68. The fourth-order valence-corrected chi connectivity index (χ4v) is 2.44. The number of thiophene rings is 1. The van der Waals surface area contributed by atoms with Crippen LogP contribution in [0.4, 0.5) is 0 Å². The minimum absolute atomic E-state index is 0.952. The number of benzene rings is 1. The molecule has 14 heavy (non-hydrogen) atoms. The molecule has 0 atom stereocenters. The molecule has 70 valence electrons. The smallest absolute Gasteiger partial charge is 0.0377 e. The molecule has 0 unspecified atom stereocenters.